The van der Waals surface area contributed by atoms with Gasteiger partial charge in [-0.15, -0.1) is 11.3 Å². The normalized spacial score (nSPS) is 10.5. The molecule has 1 heterocycles. The molecule has 0 bridgehead atoms. The molecule has 1 aromatic heterocycles. The maximum Gasteiger partial charge on any atom is 0.267 e. The molecule has 0 fully saturated rings. The zero-order valence-corrected chi connectivity index (χ0v) is 12.2. The molecule has 0 unspecified atom stereocenters. The highest BCUT2D eigenvalue weighted by Gasteiger charge is 2.10. The topological polar surface area (TPSA) is 62.2 Å². The van der Waals surface area contributed by atoms with Crippen LogP contribution in [0.3, 0.4) is 0 Å². The van der Waals surface area contributed by atoms with Crippen LogP contribution in [0, 0.1) is 0 Å². The van der Waals surface area contributed by atoms with Gasteiger partial charge in [0, 0.05) is 12.3 Å². The standard InChI is InChI=1S/C15H18N2O2S/c1-2-3-14-16-10-13(20-14)15(19)17-12-6-4-11(5-7-12)8-9-18/h4-7,10,18H,2-3,8-9H2,1H3,(H,17,19). The van der Waals surface area contributed by atoms with E-state index in [-0.39, 0.29) is 12.5 Å². The molecule has 2 aromatic rings. The van der Waals surface area contributed by atoms with Crippen molar-refractivity contribution in [3.63, 3.8) is 0 Å². The summed E-state index contributed by atoms with van der Waals surface area (Å²) in [6.07, 6.45) is 4.20. The Balaban J connectivity index is 1.99. The molecule has 0 aliphatic heterocycles. The summed E-state index contributed by atoms with van der Waals surface area (Å²) in [6.45, 7) is 2.22. The lowest BCUT2D eigenvalue weighted by atomic mass is 10.1. The molecular formula is C15H18N2O2S. The SMILES string of the molecule is CCCc1ncc(C(=O)Nc2ccc(CCO)cc2)s1. The molecule has 0 spiro atoms. The van der Waals surface area contributed by atoms with Crippen LogP contribution in [0.15, 0.2) is 30.5 Å². The van der Waals surface area contributed by atoms with Gasteiger partial charge in [-0.05, 0) is 37.0 Å². The van der Waals surface area contributed by atoms with E-state index in [1.807, 2.05) is 24.3 Å². The van der Waals surface area contributed by atoms with Crippen molar-refractivity contribution in [2.24, 2.45) is 0 Å². The summed E-state index contributed by atoms with van der Waals surface area (Å²) >= 11 is 1.44. The highest BCUT2D eigenvalue weighted by molar-refractivity contribution is 7.13. The molecule has 0 saturated heterocycles. The van der Waals surface area contributed by atoms with E-state index in [1.54, 1.807) is 6.20 Å². The molecule has 0 atom stereocenters. The number of aliphatic hydroxyl groups excluding tert-OH is 1. The second-order valence-electron chi connectivity index (χ2n) is 4.49. The van der Waals surface area contributed by atoms with Crippen LogP contribution in [-0.4, -0.2) is 22.6 Å². The van der Waals surface area contributed by atoms with Gasteiger partial charge in [0.15, 0.2) is 0 Å². The lowest BCUT2D eigenvalue weighted by Gasteiger charge is -2.04. The first kappa shape index (κ1) is 14.7. The van der Waals surface area contributed by atoms with Gasteiger partial charge in [-0.1, -0.05) is 19.1 Å². The Hall–Kier alpha value is -1.72. The lowest BCUT2D eigenvalue weighted by molar-refractivity contribution is 0.103. The van der Waals surface area contributed by atoms with Gasteiger partial charge in [0.2, 0.25) is 0 Å². The van der Waals surface area contributed by atoms with E-state index >= 15 is 0 Å². The van der Waals surface area contributed by atoms with Crippen molar-refractivity contribution in [2.75, 3.05) is 11.9 Å². The molecule has 0 saturated carbocycles. The first-order chi connectivity index (χ1) is 9.72. The Morgan fingerprint density at radius 3 is 2.70 bits per heavy atom. The summed E-state index contributed by atoms with van der Waals surface area (Å²) in [5.41, 5.74) is 1.80. The molecule has 5 heteroatoms. The lowest BCUT2D eigenvalue weighted by Crippen LogP contribution is -2.10. The molecule has 0 radical (unpaired) electrons. The average Bonchev–Trinajstić information content (AvgIpc) is 2.90. The molecular weight excluding hydrogens is 272 g/mol. The van der Waals surface area contributed by atoms with Gasteiger partial charge in [0.25, 0.3) is 5.91 Å². The predicted molar refractivity (Wildman–Crippen MR) is 81.3 cm³/mol. The third-order valence-electron chi connectivity index (χ3n) is 2.85. The van der Waals surface area contributed by atoms with E-state index in [0.717, 1.165) is 29.1 Å². The van der Waals surface area contributed by atoms with E-state index in [0.29, 0.717) is 11.3 Å². The summed E-state index contributed by atoms with van der Waals surface area (Å²) in [5, 5.41) is 12.7. The highest BCUT2D eigenvalue weighted by Crippen LogP contribution is 2.17. The summed E-state index contributed by atoms with van der Waals surface area (Å²) in [4.78, 5) is 16.9. The fraction of sp³-hybridized carbons (Fsp3) is 0.333. The number of benzene rings is 1. The summed E-state index contributed by atoms with van der Waals surface area (Å²) in [6, 6.07) is 7.50. The minimum atomic E-state index is -0.125. The van der Waals surface area contributed by atoms with Crippen LogP contribution in [0.2, 0.25) is 0 Å². The molecule has 2 N–H and O–H groups in total. The zero-order chi connectivity index (χ0) is 14.4. The molecule has 4 nitrogen and oxygen atoms in total. The number of aliphatic hydroxyl groups is 1. The number of anilines is 1. The number of carbonyl (C=O) groups is 1. The molecule has 0 aliphatic rings. The third kappa shape index (κ3) is 3.88. The van der Waals surface area contributed by atoms with Crippen LogP contribution in [0.4, 0.5) is 5.69 Å². The maximum atomic E-state index is 12.1. The second kappa shape index (κ2) is 7.17. The first-order valence-electron chi connectivity index (χ1n) is 6.68. The van der Waals surface area contributed by atoms with Gasteiger partial charge in [0.05, 0.1) is 11.2 Å². The number of nitrogens with one attached hydrogen (secondary N) is 1. The fourth-order valence-electron chi connectivity index (χ4n) is 1.82. The molecule has 2 rings (SSSR count). The van der Waals surface area contributed by atoms with E-state index in [2.05, 4.69) is 17.2 Å². The fourth-order valence-corrected chi connectivity index (χ4v) is 2.74. The summed E-state index contributed by atoms with van der Waals surface area (Å²) in [7, 11) is 0. The van der Waals surface area contributed by atoms with Gasteiger partial charge in [0.1, 0.15) is 4.88 Å². The van der Waals surface area contributed by atoms with Crippen molar-refractivity contribution in [1.82, 2.24) is 4.98 Å². The largest absolute Gasteiger partial charge is 0.396 e. The smallest absolute Gasteiger partial charge is 0.267 e. The van der Waals surface area contributed by atoms with Crippen molar-refractivity contribution in [3.8, 4) is 0 Å². The van der Waals surface area contributed by atoms with Gasteiger partial charge in [-0.25, -0.2) is 4.98 Å². The first-order valence-corrected chi connectivity index (χ1v) is 7.50. The van der Waals surface area contributed by atoms with Crippen LogP contribution in [0.25, 0.3) is 0 Å². The van der Waals surface area contributed by atoms with E-state index in [4.69, 9.17) is 5.11 Å². The van der Waals surface area contributed by atoms with E-state index < -0.39 is 0 Å². The van der Waals surface area contributed by atoms with Gasteiger partial charge < -0.3 is 10.4 Å². The van der Waals surface area contributed by atoms with Crippen molar-refractivity contribution in [3.05, 3.63) is 45.9 Å². The Labute approximate surface area is 122 Å². The Morgan fingerprint density at radius 1 is 1.30 bits per heavy atom. The number of carbonyl (C=O) groups excluding carboxylic acids is 1. The van der Waals surface area contributed by atoms with Crippen LogP contribution >= 0.6 is 11.3 Å². The number of amides is 1. The van der Waals surface area contributed by atoms with Crippen LogP contribution < -0.4 is 5.32 Å². The van der Waals surface area contributed by atoms with Crippen molar-refractivity contribution >= 4 is 22.9 Å². The Morgan fingerprint density at radius 2 is 2.05 bits per heavy atom. The van der Waals surface area contributed by atoms with Crippen molar-refractivity contribution in [1.29, 1.82) is 0 Å². The number of aromatic nitrogens is 1. The minimum Gasteiger partial charge on any atom is -0.396 e. The van der Waals surface area contributed by atoms with Crippen LogP contribution in [0.5, 0.6) is 0 Å². The number of nitrogens with zero attached hydrogens (tertiary/aromatic N) is 1. The predicted octanol–water partition coefficient (Wildman–Crippen LogP) is 2.88. The number of aryl methyl sites for hydroxylation is 1. The minimum absolute atomic E-state index is 0.125. The quantitative estimate of drug-likeness (QED) is 0.860. The van der Waals surface area contributed by atoms with E-state index in [9.17, 15) is 4.79 Å². The van der Waals surface area contributed by atoms with Crippen LogP contribution in [0.1, 0.15) is 33.6 Å². The number of thiazole rings is 1. The van der Waals surface area contributed by atoms with Crippen LogP contribution in [-0.2, 0) is 12.8 Å². The average molecular weight is 290 g/mol. The van der Waals surface area contributed by atoms with E-state index in [1.165, 1.54) is 11.3 Å². The molecule has 1 aromatic carbocycles. The number of hydrogen-bond acceptors (Lipinski definition) is 4. The maximum absolute atomic E-state index is 12.1. The zero-order valence-electron chi connectivity index (χ0n) is 11.4. The Kier molecular flexibility index (Phi) is 5.26. The number of rotatable bonds is 6. The van der Waals surface area contributed by atoms with Crippen molar-refractivity contribution < 1.29 is 9.90 Å². The monoisotopic (exact) mass is 290 g/mol. The van der Waals surface area contributed by atoms with Crippen molar-refractivity contribution in [2.45, 2.75) is 26.2 Å². The van der Waals surface area contributed by atoms with Gasteiger partial charge >= 0.3 is 0 Å². The molecule has 106 valence electrons. The third-order valence-corrected chi connectivity index (χ3v) is 3.91. The molecule has 0 aliphatic carbocycles. The summed E-state index contributed by atoms with van der Waals surface area (Å²) < 4.78 is 0. The molecule has 20 heavy (non-hydrogen) atoms. The second-order valence-corrected chi connectivity index (χ2v) is 5.61. The highest BCUT2D eigenvalue weighted by atomic mass is 32.1. The summed E-state index contributed by atoms with van der Waals surface area (Å²) in [5.74, 6) is -0.125. The Bertz CT molecular complexity index is 564. The van der Waals surface area contributed by atoms with Gasteiger partial charge in [-0.2, -0.15) is 0 Å². The number of hydrogen-bond donors (Lipinski definition) is 2. The van der Waals surface area contributed by atoms with Gasteiger partial charge in [-0.3, -0.25) is 4.79 Å². The molecule has 1 amide bonds.